The Hall–Kier alpha value is -3.01. The van der Waals surface area contributed by atoms with Gasteiger partial charge in [0.05, 0.1) is 13.5 Å². The second kappa shape index (κ2) is 10.2. The Kier molecular flexibility index (Phi) is 6.96. The molecule has 5 rings (SSSR count). The average molecular weight is 487 g/mol. The first-order chi connectivity index (χ1) is 17.4. The molecule has 0 saturated heterocycles. The number of allylic oxidation sites excluding steroid dienone is 1. The van der Waals surface area contributed by atoms with Crippen LogP contribution in [0.15, 0.2) is 60.2 Å². The highest BCUT2D eigenvalue weighted by molar-refractivity contribution is 5.72. The predicted octanol–water partition coefficient (Wildman–Crippen LogP) is 7.08. The number of hydrogen-bond acceptors (Lipinski definition) is 4. The van der Waals surface area contributed by atoms with E-state index >= 15 is 0 Å². The number of rotatable bonds is 6. The maximum absolute atomic E-state index is 11.2. The van der Waals surface area contributed by atoms with Crippen LogP contribution >= 0.6 is 0 Å². The summed E-state index contributed by atoms with van der Waals surface area (Å²) in [7, 11) is 1.40. The van der Waals surface area contributed by atoms with Crippen LogP contribution < -0.4 is 4.74 Å². The molecule has 0 heterocycles. The smallest absolute Gasteiger partial charge is 0.309 e. The van der Waals surface area contributed by atoms with E-state index in [1.54, 1.807) is 5.57 Å². The van der Waals surface area contributed by atoms with Crippen LogP contribution in [0.3, 0.4) is 0 Å². The van der Waals surface area contributed by atoms with Gasteiger partial charge in [0.2, 0.25) is 0 Å². The summed E-state index contributed by atoms with van der Waals surface area (Å²) in [5, 5.41) is 10.00. The van der Waals surface area contributed by atoms with Crippen molar-refractivity contribution in [2.75, 3.05) is 13.7 Å². The summed E-state index contributed by atoms with van der Waals surface area (Å²) < 4.78 is 10.8. The summed E-state index contributed by atoms with van der Waals surface area (Å²) in [6, 6.07) is 14.1. The van der Waals surface area contributed by atoms with Gasteiger partial charge in [-0.1, -0.05) is 49.8 Å². The molecule has 36 heavy (non-hydrogen) atoms. The fraction of sp³-hybridized carbons (Fsp3) is 0.469. The molecule has 0 aromatic heterocycles. The van der Waals surface area contributed by atoms with E-state index in [4.69, 9.17) is 4.74 Å². The van der Waals surface area contributed by atoms with E-state index in [2.05, 4.69) is 30.7 Å². The van der Waals surface area contributed by atoms with Gasteiger partial charge in [0.1, 0.15) is 18.1 Å². The van der Waals surface area contributed by atoms with Gasteiger partial charge in [-0.3, -0.25) is 4.79 Å². The molecule has 0 radical (unpaired) electrons. The molecule has 2 aromatic carbocycles. The van der Waals surface area contributed by atoms with Crippen LogP contribution in [0.25, 0.3) is 6.08 Å². The van der Waals surface area contributed by atoms with Crippen molar-refractivity contribution in [3.8, 4) is 11.5 Å². The van der Waals surface area contributed by atoms with Crippen molar-refractivity contribution < 1.29 is 19.4 Å². The zero-order valence-electron chi connectivity index (χ0n) is 21.7. The summed E-state index contributed by atoms with van der Waals surface area (Å²) in [5.74, 6) is 3.72. The summed E-state index contributed by atoms with van der Waals surface area (Å²) in [5.41, 5.74) is 5.73. The Balaban J connectivity index is 1.23. The second-order valence-corrected chi connectivity index (χ2v) is 11.1. The van der Waals surface area contributed by atoms with Gasteiger partial charge in [0.15, 0.2) is 0 Å². The molecule has 190 valence electrons. The molecule has 0 amide bonds. The molecule has 1 N–H and O–H groups in total. The van der Waals surface area contributed by atoms with Crippen LogP contribution in [-0.4, -0.2) is 24.8 Å². The highest BCUT2D eigenvalue weighted by Gasteiger charge is 2.54. The highest BCUT2D eigenvalue weighted by atomic mass is 16.5. The fourth-order valence-corrected chi connectivity index (χ4v) is 7.44. The van der Waals surface area contributed by atoms with Crippen molar-refractivity contribution in [3.63, 3.8) is 0 Å². The van der Waals surface area contributed by atoms with Gasteiger partial charge in [0.25, 0.3) is 0 Å². The van der Waals surface area contributed by atoms with E-state index in [1.165, 1.54) is 43.9 Å². The van der Waals surface area contributed by atoms with Gasteiger partial charge < -0.3 is 14.6 Å². The lowest BCUT2D eigenvalue weighted by Crippen LogP contribution is -2.43. The number of methoxy groups -OCH3 is 1. The van der Waals surface area contributed by atoms with Crippen LogP contribution in [0.5, 0.6) is 11.5 Å². The predicted molar refractivity (Wildman–Crippen MR) is 143 cm³/mol. The first-order valence-corrected chi connectivity index (χ1v) is 13.4. The minimum Gasteiger partial charge on any atom is -0.508 e. The number of carbonyl (C=O) groups excluding carboxylic acids is 1. The van der Waals surface area contributed by atoms with Crippen LogP contribution in [0, 0.1) is 23.2 Å². The van der Waals surface area contributed by atoms with Crippen LogP contribution in [0.4, 0.5) is 0 Å². The largest absolute Gasteiger partial charge is 0.508 e. The van der Waals surface area contributed by atoms with Crippen molar-refractivity contribution in [2.24, 2.45) is 23.2 Å². The molecule has 4 heteroatoms. The Morgan fingerprint density at radius 1 is 1.17 bits per heavy atom. The van der Waals surface area contributed by atoms with Crippen LogP contribution in [-0.2, 0) is 16.0 Å². The van der Waals surface area contributed by atoms with Gasteiger partial charge >= 0.3 is 5.97 Å². The lowest BCUT2D eigenvalue weighted by molar-refractivity contribution is -0.139. The molecule has 2 aromatic rings. The van der Waals surface area contributed by atoms with E-state index < -0.39 is 0 Å². The number of fused-ring (bicyclic) bond motifs is 5. The third kappa shape index (κ3) is 4.70. The third-order valence-corrected chi connectivity index (χ3v) is 9.19. The average Bonchev–Trinajstić information content (AvgIpc) is 3.20. The first kappa shape index (κ1) is 24.7. The molecule has 2 saturated carbocycles. The molecule has 3 aliphatic carbocycles. The van der Waals surface area contributed by atoms with Crippen molar-refractivity contribution >= 4 is 12.0 Å². The van der Waals surface area contributed by atoms with E-state index in [9.17, 15) is 9.90 Å². The van der Waals surface area contributed by atoms with E-state index in [-0.39, 0.29) is 17.8 Å². The number of aromatic hydroxyl groups is 1. The number of ether oxygens (including phenoxy) is 2. The normalized spacial score (nSPS) is 30.0. The Morgan fingerprint density at radius 3 is 2.75 bits per heavy atom. The number of benzene rings is 2. The monoisotopic (exact) mass is 486 g/mol. The van der Waals surface area contributed by atoms with Crippen LogP contribution in [0.2, 0.25) is 0 Å². The molecule has 5 atom stereocenters. The SMILES string of the molecule is COC(=O)C/C=C/c1ccc(OC/C=C2\CCC3C4C(CCC23C)c2ccc(O)cc2C[C@H]4C)cc1. The minimum atomic E-state index is -0.237. The van der Waals surface area contributed by atoms with E-state index in [0.29, 0.717) is 30.1 Å². The van der Waals surface area contributed by atoms with Gasteiger partial charge in [-0.2, -0.15) is 0 Å². The number of phenolic OH excluding ortho intramolecular Hbond substituents is 1. The third-order valence-electron chi connectivity index (χ3n) is 9.19. The topological polar surface area (TPSA) is 55.8 Å². The zero-order valence-corrected chi connectivity index (χ0v) is 21.7. The quantitative estimate of drug-likeness (QED) is 0.350. The summed E-state index contributed by atoms with van der Waals surface area (Å²) in [4.78, 5) is 11.2. The lowest BCUT2D eigenvalue weighted by atomic mass is 9.52. The molecule has 2 fully saturated rings. The number of hydrogen-bond donors (Lipinski definition) is 1. The molecule has 4 nitrogen and oxygen atoms in total. The summed E-state index contributed by atoms with van der Waals surface area (Å²) >= 11 is 0. The minimum absolute atomic E-state index is 0.237. The number of esters is 1. The van der Waals surface area contributed by atoms with E-state index in [1.807, 2.05) is 48.6 Å². The van der Waals surface area contributed by atoms with Gasteiger partial charge in [0, 0.05) is 0 Å². The lowest BCUT2D eigenvalue weighted by Gasteiger charge is -2.52. The number of phenols is 1. The van der Waals surface area contributed by atoms with Gasteiger partial charge in [-0.15, -0.1) is 0 Å². The molecule has 4 unspecified atom stereocenters. The Morgan fingerprint density at radius 2 is 1.97 bits per heavy atom. The van der Waals surface area contributed by atoms with Crippen LogP contribution in [0.1, 0.15) is 68.6 Å². The Labute approximate surface area is 215 Å². The summed E-state index contributed by atoms with van der Waals surface area (Å²) in [6.45, 7) is 5.53. The first-order valence-electron chi connectivity index (χ1n) is 13.4. The van der Waals surface area contributed by atoms with Crippen molar-refractivity contribution in [2.45, 2.75) is 58.3 Å². The molecule has 0 aliphatic heterocycles. The van der Waals surface area contributed by atoms with Crippen molar-refractivity contribution in [1.29, 1.82) is 0 Å². The Bertz CT molecular complexity index is 1160. The fourth-order valence-electron chi connectivity index (χ4n) is 7.44. The standard InChI is InChI=1S/C32H38O4/c1-21-19-23-20-25(33)10-13-27(23)28-15-17-32(2)24(9-14-29(32)31(21)28)16-18-36-26-11-7-22(8-12-26)5-4-6-30(34)35-3/h4-5,7-8,10-13,16,20-21,28-29,31,33H,6,9,14-15,17-19H2,1-3H3/b5-4+,24-16+/t21-,28?,29?,31?,32?/m1/s1. The number of carbonyl (C=O) groups is 1. The van der Waals surface area contributed by atoms with Gasteiger partial charge in [-0.05, 0) is 108 Å². The van der Waals surface area contributed by atoms with Crippen molar-refractivity contribution in [3.05, 3.63) is 76.9 Å². The molecular formula is C32H38O4. The maximum atomic E-state index is 11.2. The van der Waals surface area contributed by atoms with E-state index in [0.717, 1.165) is 23.7 Å². The highest BCUT2D eigenvalue weighted by Crippen LogP contribution is 2.63. The van der Waals surface area contributed by atoms with Crippen molar-refractivity contribution in [1.82, 2.24) is 0 Å². The maximum Gasteiger partial charge on any atom is 0.309 e. The zero-order chi connectivity index (χ0) is 25.3. The molecular weight excluding hydrogens is 448 g/mol. The summed E-state index contributed by atoms with van der Waals surface area (Å²) in [6.07, 6.45) is 12.3. The van der Waals surface area contributed by atoms with Gasteiger partial charge in [-0.25, -0.2) is 0 Å². The molecule has 3 aliphatic rings. The molecule has 0 spiro atoms. The molecule has 0 bridgehead atoms. The second-order valence-electron chi connectivity index (χ2n) is 11.1.